The van der Waals surface area contributed by atoms with Crippen LogP contribution in [0.4, 0.5) is 18.9 Å². The van der Waals surface area contributed by atoms with E-state index in [0.717, 1.165) is 28.6 Å². The Kier molecular flexibility index (Phi) is 4.56. The van der Waals surface area contributed by atoms with Crippen LogP contribution in [0.1, 0.15) is 5.56 Å². The first-order valence-electron chi connectivity index (χ1n) is 6.53. The number of phenolic OH excluding ortho intramolecular Hbond substituents is 1. The van der Waals surface area contributed by atoms with Gasteiger partial charge in [-0.25, -0.2) is 8.42 Å². The van der Waals surface area contributed by atoms with Gasteiger partial charge in [0.15, 0.2) is 0 Å². The smallest absolute Gasteiger partial charge is 0.393 e. The maximum Gasteiger partial charge on any atom is 0.393 e. The molecule has 0 aromatic heterocycles. The van der Waals surface area contributed by atoms with Crippen molar-refractivity contribution in [3.8, 4) is 5.75 Å². The van der Waals surface area contributed by atoms with Gasteiger partial charge in [0, 0.05) is 7.05 Å². The number of sulfonamides is 1. The van der Waals surface area contributed by atoms with E-state index in [1.165, 1.54) is 31.3 Å². The molecule has 2 aromatic rings. The van der Waals surface area contributed by atoms with Crippen molar-refractivity contribution >= 4 is 15.7 Å². The fraction of sp³-hybridized carbons (Fsp3) is 0.200. The van der Waals surface area contributed by atoms with Crippen LogP contribution >= 0.6 is 0 Å². The van der Waals surface area contributed by atoms with Crippen LogP contribution < -0.4 is 4.31 Å². The fourth-order valence-corrected chi connectivity index (χ4v) is 3.17. The summed E-state index contributed by atoms with van der Waals surface area (Å²) < 4.78 is 62.8. The zero-order valence-corrected chi connectivity index (χ0v) is 12.9. The molecule has 0 saturated heterocycles. The SMILES string of the molecule is CN(c1ccc(O)cc1)S(=O)(=O)c1ccc(CC(F)(F)F)cc1. The third-order valence-corrected chi connectivity index (χ3v) is 5.00. The molecule has 0 saturated carbocycles. The Labute approximate surface area is 131 Å². The number of benzene rings is 2. The van der Waals surface area contributed by atoms with Crippen LogP contribution in [0.2, 0.25) is 0 Å². The van der Waals surface area contributed by atoms with Crippen LogP contribution in [0.5, 0.6) is 5.75 Å². The first kappa shape index (κ1) is 17.1. The molecule has 0 radical (unpaired) electrons. The summed E-state index contributed by atoms with van der Waals surface area (Å²) in [5.74, 6) is -0.00366. The van der Waals surface area contributed by atoms with Gasteiger partial charge in [0.1, 0.15) is 5.75 Å². The zero-order valence-electron chi connectivity index (χ0n) is 12.1. The van der Waals surface area contributed by atoms with Crippen molar-refractivity contribution in [3.05, 3.63) is 54.1 Å². The lowest BCUT2D eigenvalue weighted by Crippen LogP contribution is -2.26. The highest BCUT2D eigenvalue weighted by molar-refractivity contribution is 7.92. The zero-order chi connectivity index (χ0) is 17.3. The first-order chi connectivity index (χ1) is 10.6. The maximum absolute atomic E-state index is 12.5. The Morgan fingerprint density at radius 1 is 1.00 bits per heavy atom. The van der Waals surface area contributed by atoms with Crippen LogP contribution in [0, 0.1) is 0 Å². The van der Waals surface area contributed by atoms with E-state index < -0.39 is 22.6 Å². The molecule has 0 atom stereocenters. The summed E-state index contributed by atoms with van der Waals surface area (Å²) in [5.41, 5.74) is 0.311. The highest BCUT2D eigenvalue weighted by atomic mass is 32.2. The standard InChI is InChI=1S/C15H14F3NO3S/c1-19(12-4-6-13(20)7-5-12)23(21,22)14-8-2-11(3-9-14)10-15(16,17)18/h2-9,20H,10H2,1H3. The second-order valence-electron chi connectivity index (χ2n) is 4.92. The van der Waals surface area contributed by atoms with Gasteiger partial charge in [-0.15, -0.1) is 0 Å². The molecular formula is C15H14F3NO3S. The monoisotopic (exact) mass is 345 g/mol. The van der Waals surface area contributed by atoms with Crippen LogP contribution in [0.3, 0.4) is 0 Å². The lowest BCUT2D eigenvalue weighted by atomic mass is 10.1. The van der Waals surface area contributed by atoms with Gasteiger partial charge in [0.25, 0.3) is 10.0 Å². The van der Waals surface area contributed by atoms with Crippen molar-refractivity contribution < 1.29 is 26.7 Å². The van der Waals surface area contributed by atoms with Crippen molar-refractivity contribution in [2.75, 3.05) is 11.4 Å². The average molecular weight is 345 g/mol. The van der Waals surface area contributed by atoms with Crippen molar-refractivity contribution in [1.29, 1.82) is 0 Å². The van der Waals surface area contributed by atoms with Crippen molar-refractivity contribution in [2.24, 2.45) is 0 Å². The summed E-state index contributed by atoms with van der Waals surface area (Å²) in [4.78, 5) is -0.112. The van der Waals surface area contributed by atoms with Crippen molar-refractivity contribution in [3.63, 3.8) is 0 Å². The van der Waals surface area contributed by atoms with E-state index in [2.05, 4.69) is 0 Å². The summed E-state index contributed by atoms with van der Waals surface area (Å²) >= 11 is 0. The van der Waals surface area contributed by atoms with E-state index in [4.69, 9.17) is 0 Å². The molecule has 0 aliphatic rings. The number of anilines is 1. The van der Waals surface area contributed by atoms with Gasteiger partial charge in [-0.2, -0.15) is 13.2 Å². The Balaban J connectivity index is 2.27. The molecule has 0 bridgehead atoms. The molecule has 0 aliphatic carbocycles. The molecule has 23 heavy (non-hydrogen) atoms. The van der Waals surface area contributed by atoms with Gasteiger partial charge in [-0.05, 0) is 42.0 Å². The average Bonchev–Trinajstić information content (AvgIpc) is 2.46. The minimum atomic E-state index is -4.34. The molecule has 2 aromatic carbocycles. The highest BCUT2D eigenvalue weighted by Gasteiger charge is 2.28. The summed E-state index contributed by atoms with van der Waals surface area (Å²) in [5, 5.41) is 9.22. The van der Waals surface area contributed by atoms with Gasteiger partial charge >= 0.3 is 6.18 Å². The molecule has 0 spiro atoms. The highest BCUT2D eigenvalue weighted by Crippen LogP contribution is 2.26. The minimum Gasteiger partial charge on any atom is -0.508 e. The van der Waals surface area contributed by atoms with Gasteiger partial charge in [-0.1, -0.05) is 12.1 Å². The Hall–Kier alpha value is -2.22. The topological polar surface area (TPSA) is 57.6 Å². The third-order valence-electron chi connectivity index (χ3n) is 3.20. The van der Waals surface area contributed by atoms with E-state index in [0.29, 0.717) is 5.69 Å². The molecule has 8 heteroatoms. The number of hydrogen-bond acceptors (Lipinski definition) is 3. The lowest BCUT2D eigenvalue weighted by molar-refractivity contribution is -0.127. The molecule has 0 amide bonds. The maximum atomic E-state index is 12.5. The summed E-state index contributed by atoms with van der Waals surface area (Å²) in [6.07, 6.45) is -5.45. The molecule has 0 fully saturated rings. The van der Waals surface area contributed by atoms with E-state index in [1.807, 2.05) is 0 Å². The molecule has 1 N–H and O–H groups in total. The molecule has 0 unspecified atom stereocenters. The molecule has 2 rings (SSSR count). The third kappa shape index (κ3) is 4.16. The van der Waals surface area contributed by atoms with Crippen molar-refractivity contribution in [1.82, 2.24) is 0 Å². The predicted molar refractivity (Wildman–Crippen MR) is 79.9 cm³/mol. The largest absolute Gasteiger partial charge is 0.508 e. The Morgan fingerprint density at radius 2 is 1.52 bits per heavy atom. The van der Waals surface area contributed by atoms with Gasteiger partial charge in [0.2, 0.25) is 0 Å². The second-order valence-corrected chi connectivity index (χ2v) is 6.89. The molecule has 0 aliphatic heterocycles. The van der Waals surface area contributed by atoms with Crippen LogP contribution in [0.25, 0.3) is 0 Å². The summed E-state index contributed by atoms with van der Waals surface area (Å²) in [6.45, 7) is 0. The van der Waals surface area contributed by atoms with E-state index >= 15 is 0 Å². The number of hydrogen-bond donors (Lipinski definition) is 1. The predicted octanol–water partition coefficient (Wildman–Crippen LogP) is 3.32. The normalized spacial score (nSPS) is 12.2. The van der Waals surface area contributed by atoms with Crippen molar-refractivity contribution in [2.45, 2.75) is 17.5 Å². The summed E-state index contributed by atoms with van der Waals surface area (Å²) in [7, 11) is -2.57. The fourth-order valence-electron chi connectivity index (χ4n) is 1.97. The van der Waals surface area contributed by atoms with Gasteiger partial charge < -0.3 is 5.11 Å². The lowest BCUT2D eigenvalue weighted by Gasteiger charge is -2.19. The summed E-state index contributed by atoms with van der Waals surface area (Å²) in [6, 6.07) is 10.1. The number of halogens is 3. The van der Waals surface area contributed by atoms with E-state index in [9.17, 15) is 26.7 Å². The molecule has 4 nitrogen and oxygen atoms in total. The Morgan fingerprint density at radius 3 is 2.00 bits per heavy atom. The van der Waals surface area contributed by atoms with Crippen LogP contribution in [-0.4, -0.2) is 26.7 Å². The minimum absolute atomic E-state index is 0.00366. The Bertz CT molecular complexity index is 769. The van der Waals surface area contributed by atoms with Crippen LogP contribution in [-0.2, 0) is 16.4 Å². The second kappa shape index (κ2) is 6.11. The quantitative estimate of drug-likeness (QED) is 0.925. The van der Waals surface area contributed by atoms with E-state index in [-0.39, 0.29) is 16.2 Å². The number of nitrogens with zero attached hydrogens (tertiary/aromatic N) is 1. The van der Waals surface area contributed by atoms with Gasteiger partial charge in [-0.3, -0.25) is 4.31 Å². The number of rotatable bonds is 4. The molecule has 0 heterocycles. The van der Waals surface area contributed by atoms with E-state index in [1.54, 1.807) is 0 Å². The van der Waals surface area contributed by atoms with Gasteiger partial charge in [0.05, 0.1) is 17.0 Å². The number of phenols is 1. The number of aromatic hydroxyl groups is 1. The molecular weight excluding hydrogens is 331 g/mol. The first-order valence-corrected chi connectivity index (χ1v) is 7.97. The number of alkyl halides is 3. The van der Waals surface area contributed by atoms with Crippen LogP contribution in [0.15, 0.2) is 53.4 Å². The molecule has 124 valence electrons.